The van der Waals surface area contributed by atoms with Gasteiger partial charge in [0.15, 0.2) is 0 Å². The predicted molar refractivity (Wildman–Crippen MR) is 102 cm³/mol. The molecule has 2 N–H and O–H groups in total. The molecule has 0 saturated carbocycles. The SMILES string of the molecule is CNCCCC(=O)NC(C)c1cccc(N2CCCC2)c1.Cl.Cl. The average Bonchev–Trinajstić information content (AvgIpc) is 3.02. The summed E-state index contributed by atoms with van der Waals surface area (Å²) in [6.07, 6.45) is 4.02. The van der Waals surface area contributed by atoms with Crippen molar-refractivity contribution >= 4 is 36.4 Å². The maximum atomic E-state index is 11.9. The first-order valence-electron chi connectivity index (χ1n) is 7.99. The van der Waals surface area contributed by atoms with Crippen LogP contribution in [0.3, 0.4) is 0 Å². The van der Waals surface area contributed by atoms with Crippen LogP contribution in [-0.4, -0.2) is 32.6 Å². The molecule has 1 heterocycles. The normalized spacial score (nSPS) is 14.6. The molecule has 0 aliphatic carbocycles. The van der Waals surface area contributed by atoms with Gasteiger partial charge in [0.2, 0.25) is 5.91 Å². The van der Waals surface area contributed by atoms with Crippen LogP contribution >= 0.6 is 24.8 Å². The highest BCUT2D eigenvalue weighted by Crippen LogP contribution is 2.23. The molecule has 0 spiro atoms. The predicted octanol–water partition coefficient (Wildman–Crippen LogP) is 3.31. The van der Waals surface area contributed by atoms with Gasteiger partial charge in [-0.2, -0.15) is 0 Å². The van der Waals surface area contributed by atoms with Gasteiger partial charge in [0, 0.05) is 25.2 Å². The van der Waals surface area contributed by atoms with E-state index in [2.05, 4.69) is 46.7 Å². The molecule has 1 aromatic carbocycles. The van der Waals surface area contributed by atoms with Gasteiger partial charge in [0.1, 0.15) is 0 Å². The van der Waals surface area contributed by atoms with Crippen LogP contribution in [0.2, 0.25) is 0 Å². The van der Waals surface area contributed by atoms with Crippen molar-refractivity contribution < 1.29 is 4.79 Å². The van der Waals surface area contributed by atoms with Crippen LogP contribution < -0.4 is 15.5 Å². The van der Waals surface area contributed by atoms with Gasteiger partial charge in [-0.1, -0.05) is 12.1 Å². The maximum absolute atomic E-state index is 11.9. The number of benzene rings is 1. The van der Waals surface area contributed by atoms with Crippen molar-refractivity contribution in [1.29, 1.82) is 0 Å². The van der Waals surface area contributed by atoms with Crippen LogP contribution in [0, 0.1) is 0 Å². The third-order valence-corrected chi connectivity index (χ3v) is 4.05. The van der Waals surface area contributed by atoms with Crippen LogP contribution in [0.4, 0.5) is 5.69 Å². The van der Waals surface area contributed by atoms with E-state index in [0.717, 1.165) is 26.1 Å². The van der Waals surface area contributed by atoms with Crippen LogP contribution in [0.5, 0.6) is 0 Å². The van der Waals surface area contributed by atoms with Crippen LogP contribution in [-0.2, 0) is 4.79 Å². The first-order chi connectivity index (χ1) is 10.2. The molecule has 4 nitrogen and oxygen atoms in total. The fourth-order valence-electron chi connectivity index (χ4n) is 2.79. The van der Waals surface area contributed by atoms with Gasteiger partial charge in [-0.05, 0) is 57.5 Å². The molecule has 1 unspecified atom stereocenters. The highest BCUT2D eigenvalue weighted by atomic mass is 35.5. The number of rotatable bonds is 7. The van der Waals surface area contributed by atoms with Crippen molar-refractivity contribution in [3.63, 3.8) is 0 Å². The lowest BCUT2D eigenvalue weighted by Gasteiger charge is -2.20. The van der Waals surface area contributed by atoms with E-state index in [0.29, 0.717) is 6.42 Å². The zero-order chi connectivity index (χ0) is 15.1. The van der Waals surface area contributed by atoms with Gasteiger partial charge in [-0.15, -0.1) is 24.8 Å². The van der Waals surface area contributed by atoms with Crippen molar-refractivity contribution in [2.24, 2.45) is 0 Å². The molecule has 1 atom stereocenters. The van der Waals surface area contributed by atoms with Gasteiger partial charge in [0.05, 0.1) is 6.04 Å². The first kappa shape index (κ1) is 22.0. The Morgan fingerprint density at radius 3 is 2.61 bits per heavy atom. The summed E-state index contributed by atoms with van der Waals surface area (Å²) < 4.78 is 0. The lowest BCUT2D eigenvalue weighted by Crippen LogP contribution is -2.27. The lowest BCUT2D eigenvalue weighted by molar-refractivity contribution is -0.121. The highest BCUT2D eigenvalue weighted by molar-refractivity contribution is 5.85. The minimum Gasteiger partial charge on any atom is -0.372 e. The summed E-state index contributed by atoms with van der Waals surface area (Å²) in [4.78, 5) is 14.3. The summed E-state index contributed by atoms with van der Waals surface area (Å²) in [7, 11) is 1.91. The quantitative estimate of drug-likeness (QED) is 0.732. The number of carbonyl (C=O) groups excluding carboxylic acids is 1. The summed E-state index contributed by atoms with van der Waals surface area (Å²) in [5.41, 5.74) is 2.46. The van der Waals surface area contributed by atoms with Gasteiger partial charge >= 0.3 is 0 Å². The first-order valence-corrected chi connectivity index (χ1v) is 7.99. The molecular weight excluding hydrogens is 333 g/mol. The Morgan fingerprint density at radius 2 is 1.96 bits per heavy atom. The Hall–Kier alpha value is -0.970. The molecule has 0 aromatic heterocycles. The summed E-state index contributed by atoms with van der Waals surface area (Å²) in [5.74, 6) is 0.129. The highest BCUT2D eigenvalue weighted by Gasteiger charge is 2.14. The summed E-state index contributed by atoms with van der Waals surface area (Å²) in [5, 5.41) is 6.15. The molecule has 1 aromatic rings. The Morgan fingerprint density at radius 1 is 1.26 bits per heavy atom. The second kappa shape index (κ2) is 11.5. The van der Waals surface area contributed by atoms with Crippen LogP contribution in [0.1, 0.15) is 44.2 Å². The number of hydrogen-bond donors (Lipinski definition) is 2. The van der Waals surface area contributed by atoms with E-state index >= 15 is 0 Å². The molecule has 6 heteroatoms. The number of amides is 1. The second-order valence-electron chi connectivity index (χ2n) is 5.79. The van der Waals surface area contributed by atoms with E-state index in [1.54, 1.807) is 0 Å². The van der Waals surface area contributed by atoms with Crippen molar-refractivity contribution in [1.82, 2.24) is 10.6 Å². The number of hydrogen-bond acceptors (Lipinski definition) is 3. The van der Waals surface area contributed by atoms with E-state index in [9.17, 15) is 4.79 Å². The van der Waals surface area contributed by atoms with E-state index in [1.807, 2.05) is 7.05 Å². The number of halogens is 2. The lowest BCUT2D eigenvalue weighted by atomic mass is 10.1. The zero-order valence-electron chi connectivity index (χ0n) is 14.0. The van der Waals surface area contributed by atoms with Gasteiger partial charge in [-0.3, -0.25) is 4.79 Å². The smallest absolute Gasteiger partial charge is 0.220 e. The maximum Gasteiger partial charge on any atom is 0.220 e. The molecule has 1 aliphatic rings. The van der Waals surface area contributed by atoms with E-state index in [-0.39, 0.29) is 36.8 Å². The van der Waals surface area contributed by atoms with Gasteiger partial charge < -0.3 is 15.5 Å². The fourth-order valence-corrected chi connectivity index (χ4v) is 2.79. The molecule has 1 amide bonds. The molecule has 1 fully saturated rings. The molecule has 0 bridgehead atoms. The number of anilines is 1. The molecular formula is C17H29Cl2N3O. The monoisotopic (exact) mass is 361 g/mol. The van der Waals surface area contributed by atoms with Crippen molar-refractivity contribution in [3.8, 4) is 0 Å². The molecule has 2 rings (SSSR count). The number of nitrogens with zero attached hydrogens (tertiary/aromatic N) is 1. The van der Waals surface area contributed by atoms with Crippen molar-refractivity contribution in [2.45, 2.75) is 38.6 Å². The van der Waals surface area contributed by atoms with Crippen LogP contribution in [0.15, 0.2) is 24.3 Å². The second-order valence-corrected chi connectivity index (χ2v) is 5.79. The average molecular weight is 362 g/mol. The third-order valence-electron chi connectivity index (χ3n) is 4.05. The topological polar surface area (TPSA) is 44.4 Å². The minimum atomic E-state index is 0. The summed E-state index contributed by atoms with van der Waals surface area (Å²) >= 11 is 0. The van der Waals surface area contributed by atoms with Crippen molar-refractivity contribution in [3.05, 3.63) is 29.8 Å². The molecule has 1 aliphatic heterocycles. The number of carbonyl (C=O) groups is 1. The standard InChI is InChI=1S/C17H27N3O.2ClH/c1-14(19-17(21)9-6-10-18-2)15-7-5-8-16(13-15)20-11-3-4-12-20;;/h5,7-8,13-14,18H,3-4,6,9-12H2,1-2H3,(H,19,21);2*1H. The molecule has 23 heavy (non-hydrogen) atoms. The Labute approximate surface area is 152 Å². The summed E-state index contributed by atoms with van der Waals surface area (Å²) in [6, 6.07) is 8.62. The molecule has 1 saturated heterocycles. The third kappa shape index (κ3) is 6.98. The van der Waals surface area contributed by atoms with E-state index < -0.39 is 0 Å². The Balaban J connectivity index is 0.00000242. The van der Waals surface area contributed by atoms with Crippen molar-refractivity contribution in [2.75, 3.05) is 31.6 Å². The van der Waals surface area contributed by atoms with Gasteiger partial charge in [-0.25, -0.2) is 0 Å². The largest absolute Gasteiger partial charge is 0.372 e. The summed E-state index contributed by atoms with van der Waals surface area (Å²) in [6.45, 7) is 5.23. The Bertz CT molecular complexity index is 465. The minimum absolute atomic E-state index is 0. The number of nitrogens with one attached hydrogen (secondary N) is 2. The Kier molecular flexibility index (Phi) is 11.1. The van der Waals surface area contributed by atoms with E-state index in [1.165, 1.54) is 24.1 Å². The van der Waals surface area contributed by atoms with Gasteiger partial charge in [0.25, 0.3) is 0 Å². The van der Waals surface area contributed by atoms with Crippen LogP contribution in [0.25, 0.3) is 0 Å². The zero-order valence-corrected chi connectivity index (χ0v) is 15.6. The van der Waals surface area contributed by atoms with E-state index in [4.69, 9.17) is 0 Å². The fraction of sp³-hybridized carbons (Fsp3) is 0.588. The molecule has 132 valence electrons. The molecule has 0 radical (unpaired) electrons.